The van der Waals surface area contributed by atoms with E-state index in [0.29, 0.717) is 17.7 Å². The average Bonchev–Trinajstić information content (AvgIpc) is 2.45. The number of hydrogen-bond donors (Lipinski definition) is 2. The summed E-state index contributed by atoms with van der Waals surface area (Å²) in [5.41, 5.74) is 5.15. The average molecular weight is 358 g/mol. The maximum absolute atomic E-state index is 12.8. The zero-order chi connectivity index (χ0) is 16.4. The SMILES string of the molecule is CC(C)CC(C)(CN)NS(=O)(=O)c1cccc2cnccc12.Cl. The number of rotatable bonds is 6. The van der Waals surface area contributed by atoms with Gasteiger partial charge in [0, 0.05) is 35.2 Å². The molecule has 0 aliphatic heterocycles. The summed E-state index contributed by atoms with van der Waals surface area (Å²) in [5, 5.41) is 1.46. The van der Waals surface area contributed by atoms with Crippen molar-refractivity contribution in [2.24, 2.45) is 11.7 Å². The lowest BCUT2D eigenvalue weighted by Gasteiger charge is -2.31. The number of nitrogens with zero attached hydrogens (tertiary/aromatic N) is 1. The van der Waals surface area contributed by atoms with Gasteiger partial charge in [0.2, 0.25) is 10.0 Å². The van der Waals surface area contributed by atoms with E-state index in [1.165, 1.54) is 0 Å². The topological polar surface area (TPSA) is 85.1 Å². The molecule has 1 heterocycles. The van der Waals surface area contributed by atoms with Crippen molar-refractivity contribution >= 4 is 33.2 Å². The van der Waals surface area contributed by atoms with Crippen LogP contribution >= 0.6 is 12.4 Å². The Balaban J connectivity index is 0.00000264. The van der Waals surface area contributed by atoms with Gasteiger partial charge in [0.15, 0.2) is 0 Å². The highest BCUT2D eigenvalue weighted by Gasteiger charge is 2.30. The molecule has 7 heteroatoms. The summed E-state index contributed by atoms with van der Waals surface area (Å²) in [4.78, 5) is 4.29. The Labute approximate surface area is 144 Å². The molecule has 128 valence electrons. The van der Waals surface area contributed by atoms with Crippen LogP contribution in [0, 0.1) is 5.92 Å². The number of pyridine rings is 1. The second-order valence-corrected chi connectivity index (χ2v) is 7.97. The summed E-state index contributed by atoms with van der Waals surface area (Å²) in [6, 6.07) is 6.89. The van der Waals surface area contributed by atoms with Crippen LogP contribution in [0.15, 0.2) is 41.6 Å². The van der Waals surface area contributed by atoms with E-state index in [-0.39, 0.29) is 23.8 Å². The van der Waals surface area contributed by atoms with Crippen LogP contribution in [0.4, 0.5) is 0 Å². The lowest BCUT2D eigenvalue weighted by Crippen LogP contribution is -2.52. The van der Waals surface area contributed by atoms with Crippen molar-refractivity contribution < 1.29 is 8.42 Å². The Morgan fingerprint density at radius 1 is 1.30 bits per heavy atom. The predicted octanol–water partition coefficient (Wildman–Crippen LogP) is 2.70. The Hall–Kier alpha value is -1.21. The second kappa shape index (κ2) is 7.57. The molecule has 0 amide bonds. The molecule has 0 radical (unpaired) electrons. The van der Waals surface area contributed by atoms with Gasteiger partial charge in [0.1, 0.15) is 0 Å². The lowest BCUT2D eigenvalue weighted by atomic mass is 9.92. The summed E-state index contributed by atoms with van der Waals surface area (Å²) >= 11 is 0. The highest BCUT2D eigenvalue weighted by atomic mass is 35.5. The van der Waals surface area contributed by atoms with Crippen LogP contribution < -0.4 is 10.5 Å². The van der Waals surface area contributed by atoms with Gasteiger partial charge < -0.3 is 5.73 Å². The van der Waals surface area contributed by atoms with Gasteiger partial charge in [-0.15, -0.1) is 12.4 Å². The maximum Gasteiger partial charge on any atom is 0.241 e. The molecule has 0 aliphatic carbocycles. The number of hydrogen-bond acceptors (Lipinski definition) is 4. The minimum atomic E-state index is -3.66. The summed E-state index contributed by atoms with van der Waals surface area (Å²) in [7, 11) is -3.66. The van der Waals surface area contributed by atoms with E-state index >= 15 is 0 Å². The number of nitrogens with one attached hydrogen (secondary N) is 1. The third-order valence-corrected chi connectivity index (χ3v) is 5.32. The van der Waals surface area contributed by atoms with Gasteiger partial charge in [-0.1, -0.05) is 26.0 Å². The minimum Gasteiger partial charge on any atom is -0.329 e. The third kappa shape index (κ3) is 4.64. The van der Waals surface area contributed by atoms with E-state index in [2.05, 4.69) is 9.71 Å². The van der Waals surface area contributed by atoms with Crippen LogP contribution in [0.2, 0.25) is 0 Å². The fourth-order valence-corrected chi connectivity index (χ4v) is 4.43. The Morgan fingerprint density at radius 2 is 2.00 bits per heavy atom. The molecule has 0 saturated carbocycles. The van der Waals surface area contributed by atoms with E-state index in [9.17, 15) is 8.42 Å². The molecular formula is C16H24ClN3O2S. The number of nitrogens with two attached hydrogens (primary N) is 1. The van der Waals surface area contributed by atoms with E-state index in [0.717, 1.165) is 5.39 Å². The lowest BCUT2D eigenvalue weighted by molar-refractivity contribution is 0.344. The van der Waals surface area contributed by atoms with Crippen LogP contribution in [0.1, 0.15) is 27.2 Å². The molecule has 3 N–H and O–H groups in total. The number of aromatic nitrogens is 1. The molecule has 1 atom stereocenters. The highest BCUT2D eigenvalue weighted by Crippen LogP contribution is 2.25. The zero-order valence-corrected chi connectivity index (χ0v) is 15.2. The predicted molar refractivity (Wildman–Crippen MR) is 96.2 cm³/mol. The molecule has 0 spiro atoms. The summed E-state index contributed by atoms with van der Waals surface area (Å²) < 4.78 is 28.4. The fourth-order valence-electron chi connectivity index (χ4n) is 2.77. The Kier molecular flexibility index (Phi) is 6.53. The molecule has 2 aromatic rings. The van der Waals surface area contributed by atoms with Gasteiger partial charge in [0.05, 0.1) is 4.90 Å². The quantitative estimate of drug-likeness (QED) is 0.832. The van der Waals surface area contributed by atoms with Crippen LogP contribution in [0.5, 0.6) is 0 Å². The molecule has 2 rings (SSSR count). The first-order valence-corrected chi connectivity index (χ1v) is 8.82. The largest absolute Gasteiger partial charge is 0.329 e. The van der Waals surface area contributed by atoms with E-state index in [1.807, 2.05) is 26.8 Å². The molecular weight excluding hydrogens is 334 g/mol. The Morgan fingerprint density at radius 3 is 2.61 bits per heavy atom. The highest BCUT2D eigenvalue weighted by molar-refractivity contribution is 7.89. The molecule has 0 fully saturated rings. The van der Waals surface area contributed by atoms with E-state index in [1.54, 1.807) is 30.6 Å². The molecule has 1 unspecified atom stereocenters. The van der Waals surface area contributed by atoms with Crippen molar-refractivity contribution in [3.8, 4) is 0 Å². The molecule has 1 aromatic heterocycles. The standard InChI is InChI=1S/C16H23N3O2S.ClH/c1-12(2)9-16(3,11-17)19-22(20,21)15-6-4-5-13-10-18-8-7-14(13)15;/h4-8,10,12,19H,9,11,17H2,1-3H3;1H. The molecule has 23 heavy (non-hydrogen) atoms. The summed E-state index contributed by atoms with van der Waals surface area (Å²) in [6.45, 7) is 6.19. The fraction of sp³-hybridized carbons (Fsp3) is 0.438. The van der Waals surface area contributed by atoms with E-state index in [4.69, 9.17) is 5.73 Å². The van der Waals surface area contributed by atoms with Crippen LogP contribution in [-0.4, -0.2) is 25.5 Å². The first-order valence-electron chi connectivity index (χ1n) is 7.34. The molecule has 5 nitrogen and oxygen atoms in total. The first kappa shape index (κ1) is 19.8. The van der Waals surface area contributed by atoms with Gasteiger partial charge in [-0.25, -0.2) is 13.1 Å². The van der Waals surface area contributed by atoms with Crippen LogP contribution in [0.25, 0.3) is 10.8 Å². The smallest absolute Gasteiger partial charge is 0.241 e. The van der Waals surface area contributed by atoms with Crippen molar-refractivity contribution in [2.75, 3.05) is 6.54 Å². The summed E-state index contributed by atoms with van der Waals surface area (Å²) in [6.07, 6.45) is 3.93. The minimum absolute atomic E-state index is 0. The third-order valence-electron chi connectivity index (χ3n) is 3.62. The maximum atomic E-state index is 12.8. The monoisotopic (exact) mass is 357 g/mol. The molecule has 0 aliphatic rings. The number of benzene rings is 1. The van der Waals surface area contributed by atoms with Crippen molar-refractivity contribution in [3.63, 3.8) is 0 Å². The second-order valence-electron chi connectivity index (χ2n) is 6.32. The van der Waals surface area contributed by atoms with Gasteiger partial charge in [-0.2, -0.15) is 0 Å². The van der Waals surface area contributed by atoms with Crippen molar-refractivity contribution in [2.45, 2.75) is 37.6 Å². The van der Waals surface area contributed by atoms with Crippen LogP contribution in [0.3, 0.4) is 0 Å². The summed E-state index contributed by atoms with van der Waals surface area (Å²) in [5.74, 6) is 0.341. The molecule has 1 aromatic carbocycles. The van der Waals surface area contributed by atoms with Gasteiger partial charge in [-0.05, 0) is 31.4 Å². The van der Waals surface area contributed by atoms with Crippen molar-refractivity contribution in [1.29, 1.82) is 0 Å². The van der Waals surface area contributed by atoms with E-state index < -0.39 is 15.6 Å². The van der Waals surface area contributed by atoms with Crippen LogP contribution in [-0.2, 0) is 10.0 Å². The van der Waals surface area contributed by atoms with Gasteiger partial charge >= 0.3 is 0 Å². The number of sulfonamides is 1. The first-order chi connectivity index (χ1) is 10.3. The van der Waals surface area contributed by atoms with Gasteiger partial charge in [-0.3, -0.25) is 4.98 Å². The number of fused-ring (bicyclic) bond motifs is 1. The zero-order valence-electron chi connectivity index (χ0n) is 13.6. The normalized spacial score (nSPS) is 14.5. The number of halogens is 1. The van der Waals surface area contributed by atoms with Crippen molar-refractivity contribution in [1.82, 2.24) is 9.71 Å². The molecule has 0 bridgehead atoms. The molecule has 0 saturated heterocycles. The van der Waals surface area contributed by atoms with Gasteiger partial charge in [0.25, 0.3) is 0 Å². The Bertz CT molecular complexity index is 760. The van der Waals surface area contributed by atoms with Crippen molar-refractivity contribution in [3.05, 3.63) is 36.7 Å².